The summed E-state index contributed by atoms with van der Waals surface area (Å²) in [6.45, 7) is 14.1. The molecule has 31 atom stereocenters. The van der Waals surface area contributed by atoms with E-state index >= 15 is 0 Å². The first-order chi connectivity index (χ1) is 43.4. The molecule has 0 amide bonds. The van der Waals surface area contributed by atoms with Crippen LogP contribution < -0.4 is 0 Å². The highest BCUT2D eigenvalue weighted by Gasteiger charge is 2.79. The van der Waals surface area contributed by atoms with Gasteiger partial charge >= 0.3 is 26.8 Å². The van der Waals surface area contributed by atoms with Crippen LogP contribution in [0.5, 0.6) is 0 Å². The number of hydrogen-bond donors (Lipinski definition) is 12. The molecule has 0 unspecified atom stereocenters. The molecule has 93 heavy (non-hydrogen) atoms. The highest BCUT2D eigenvalue weighted by molar-refractivity contribution is 7.81. The summed E-state index contributed by atoms with van der Waals surface area (Å²) >= 11 is 0. The second kappa shape index (κ2) is 27.2. The molecule has 10 rings (SSSR count). The summed E-state index contributed by atoms with van der Waals surface area (Å²) in [5, 5.41) is 112. The van der Waals surface area contributed by atoms with Crippen LogP contribution in [-0.2, 0) is 95.6 Å². The van der Waals surface area contributed by atoms with Crippen molar-refractivity contribution in [2.75, 3.05) is 33.5 Å². The van der Waals surface area contributed by atoms with Gasteiger partial charge < -0.3 is 108 Å². The van der Waals surface area contributed by atoms with Crippen molar-refractivity contribution in [1.29, 1.82) is 0 Å². The van der Waals surface area contributed by atoms with Crippen LogP contribution in [0.2, 0.25) is 0 Å². The molecule has 0 aromatic rings. The third-order valence-corrected chi connectivity index (χ3v) is 22.9. The summed E-state index contributed by atoms with van der Waals surface area (Å²) in [6.07, 6.45) is -37.5. The van der Waals surface area contributed by atoms with E-state index < -0.39 is 228 Å². The first kappa shape index (κ1) is 73.2. The topological polar surface area (TPSA) is 474 Å². The van der Waals surface area contributed by atoms with Gasteiger partial charge in [-0.15, -0.1) is 6.58 Å². The number of hydrogen-bond acceptors (Lipinski definition) is 30. The number of methoxy groups -OCH3 is 1. The molecule has 9 fully saturated rings. The second-order valence-electron chi connectivity index (χ2n) is 28.2. The summed E-state index contributed by atoms with van der Waals surface area (Å²) in [4.78, 5) is 28.9. The van der Waals surface area contributed by atoms with E-state index in [1.165, 1.54) is 6.92 Å². The van der Waals surface area contributed by atoms with Crippen molar-refractivity contribution in [3.05, 3.63) is 23.8 Å². The Morgan fingerprint density at radius 3 is 1.94 bits per heavy atom. The molecule has 532 valence electrons. The number of fused-ring (bicyclic) bond motifs is 4. The molecule has 3 saturated carbocycles. The van der Waals surface area contributed by atoms with Crippen LogP contribution in [0.25, 0.3) is 0 Å². The summed E-state index contributed by atoms with van der Waals surface area (Å²) < 4.78 is 149. The Morgan fingerprint density at radius 2 is 1.29 bits per heavy atom. The predicted molar refractivity (Wildman–Crippen MR) is 308 cm³/mol. The zero-order valence-electron chi connectivity index (χ0n) is 52.9. The van der Waals surface area contributed by atoms with Crippen molar-refractivity contribution in [2.45, 2.75) is 259 Å². The van der Waals surface area contributed by atoms with E-state index in [-0.39, 0.29) is 30.0 Å². The largest absolute Gasteiger partial charge is 0.458 e. The Kier molecular flexibility index (Phi) is 21.4. The monoisotopic (exact) mass is 1380 g/mol. The summed E-state index contributed by atoms with van der Waals surface area (Å²) in [5.74, 6) is -1.18. The van der Waals surface area contributed by atoms with Gasteiger partial charge in [0.05, 0.1) is 50.0 Å². The number of carbonyl (C=O) groups excluding carboxylic acids is 2. The SMILES string of the molecule is C=C(C)CCC[C@]1(C)OC(=O)[C@@]23CC=C4[C@@H](CC[C@H]5C(C)(C)[C@@H](O[C@@H]6OC[C@@H](OS(=O)(=O)O)[C@H](O)[C@H]6O[C@@H]6O[C@H](C)[C@@H](O[C@@H]7O[C@H](COS(=O)(=O)O)[C@@H](O)[C@H](O[C@@H]8O[C@H](CO)[C@@H](O)[C@H](OC)[C@H]8O)[C@H]7O)[C@H](O)[C@H]6O[C@@H]6OC[C@@H](O)[C@H](O)[C@H]6O)CC[C@]45C)[C@]2(C)CC(=O)[C@H]13. The van der Waals surface area contributed by atoms with Gasteiger partial charge in [-0.05, 0) is 100 Å². The molecule has 6 heterocycles. The van der Waals surface area contributed by atoms with Gasteiger partial charge in [-0.25, -0.2) is 8.37 Å². The second-order valence-corrected chi connectivity index (χ2v) is 30.3. The lowest BCUT2D eigenvalue weighted by Crippen LogP contribution is -2.68. The minimum absolute atomic E-state index is 0.0266. The van der Waals surface area contributed by atoms with Crippen LogP contribution in [0.15, 0.2) is 23.8 Å². The summed E-state index contributed by atoms with van der Waals surface area (Å²) in [6, 6.07) is 0. The number of cyclic esters (lactones) is 1. The van der Waals surface area contributed by atoms with E-state index in [4.69, 9.17) is 61.0 Å². The Labute approximate surface area is 538 Å². The van der Waals surface area contributed by atoms with Gasteiger partial charge in [0.15, 0.2) is 31.5 Å². The number of allylic oxidation sites excluding steroid dienone is 3. The average molecular weight is 1380 g/mol. The van der Waals surface area contributed by atoms with Gasteiger partial charge in [0.1, 0.15) is 115 Å². The molecular formula is C59H92O32S2. The maximum absolute atomic E-state index is 14.5. The van der Waals surface area contributed by atoms with Gasteiger partial charge in [-0.1, -0.05) is 44.9 Å². The van der Waals surface area contributed by atoms with Crippen molar-refractivity contribution in [2.24, 2.45) is 39.4 Å². The summed E-state index contributed by atoms with van der Waals surface area (Å²) in [7, 11) is -9.46. The minimum Gasteiger partial charge on any atom is -0.458 e. The van der Waals surface area contributed by atoms with E-state index in [0.29, 0.717) is 44.9 Å². The van der Waals surface area contributed by atoms with Crippen LogP contribution in [0, 0.1) is 39.4 Å². The van der Waals surface area contributed by atoms with Gasteiger partial charge in [0.2, 0.25) is 0 Å². The van der Waals surface area contributed by atoms with E-state index in [1.54, 1.807) is 0 Å². The van der Waals surface area contributed by atoms with Crippen LogP contribution in [-0.4, -0.2) is 275 Å². The van der Waals surface area contributed by atoms with Crippen molar-refractivity contribution >= 4 is 32.6 Å². The van der Waals surface area contributed by atoms with Crippen molar-refractivity contribution in [3.8, 4) is 0 Å². The quantitative estimate of drug-likeness (QED) is 0.0254. The number of aliphatic hydroxyl groups excluding tert-OH is 10. The van der Waals surface area contributed by atoms with Crippen LogP contribution in [0.1, 0.15) is 106 Å². The number of rotatable bonds is 21. The lowest BCUT2D eigenvalue weighted by molar-refractivity contribution is -0.403. The van der Waals surface area contributed by atoms with Crippen molar-refractivity contribution < 1.29 is 152 Å². The molecule has 1 spiro atoms. The van der Waals surface area contributed by atoms with Crippen molar-refractivity contribution in [1.82, 2.24) is 0 Å². The third kappa shape index (κ3) is 13.5. The van der Waals surface area contributed by atoms with Gasteiger partial charge in [0, 0.05) is 13.5 Å². The molecule has 12 N–H and O–H groups in total. The Balaban J connectivity index is 0.919. The van der Waals surface area contributed by atoms with Crippen LogP contribution >= 0.6 is 0 Å². The molecule has 6 aliphatic heterocycles. The van der Waals surface area contributed by atoms with Gasteiger partial charge in [0.25, 0.3) is 0 Å². The number of ketones is 1. The standard InChI is InChI=1S/C59H92O32S2/c1-24(2)11-10-16-58(8)48-28(61)19-57(7)27-12-13-33-55(4,5)34(15-17-56(33,6)26(27)14-18-59(48,57)54(71)90-58)85-52-46(38(66)32(22-80-52)91-93(75,76)77)89-53-47(88-49-39(67)35(63)29(62)21-79-49)40(68)43(25(3)82-53)86-51-42(70)45(37(65)31(84-51)23-81-92(72,73)74)87-50-41(69)44(78-9)36(64)30(20-60)83-50/h14,25,27,29-53,60,62-70H,1,10-13,15-23H2,2-9H3,(H,72,73,74)(H,75,76,77)/t25-,27-,29-,30-,31-,32-,33+,34+,35+,36-,37-,38+,39-,40+,41-,42-,43-,44+,45+,46-,47-,48-,49+,50+,51+,52+,53+,56-,57+,58+,59+/m1/s1. The first-order valence-electron chi connectivity index (χ1n) is 31.5. The fourth-order valence-electron chi connectivity index (χ4n) is 17.4. The molecule has 0 radical (unpaired) electrons. The molecule has 0 aromatic carbocycles. The number of Topliss-reactive ketones (excluding diaryl/α,β-unsaturated/α-hetero) is 1. The highest BCUT2D eigenvalue weighted by Crippen LogP contribution is 2.75. The minimum atomic E-state index is -5.31. The normalized spacial score (nSPS) is 49.2. The van der Waals surface area contributed by atoms with E-state index in [1.807, 2.05) is 27.7 Å². The average Bonchev–Trinajstić information content (AvgIpc) is 1.52. The number of aliphatic hydroxyl groups is 10. The van der Waals surface area contributed by atoms with Crippen LogP contribution in [0.4, 0.5) is 0 Å². The lowest BCUT2D eigenvalue weighted by atomic mass is 9.41. The molecule has 0 bridgehead atoms. The Morgan fingerprint density at radius 1 is 0.677 bits per heavy atom. The van der Waals surface area contributed by atoms with Gasteiger partial charge in [-0.2, -0.15) is 16.8 Å². The number of carbonyl (C=O) groups is 2. The summed E-state index contributed by atoms with van der Waals surface area (Å²) in [5.41, 5.74) is -1.83. The number of esters is 1. The lowest BCUT2D eigenvalue weighted by Gasteiger charge is -2.63. The first-order valence-corrected chi connectivity index (χ1v) is 34.2. The number of ether oxygens (including phenoxy) is 12. The fourth-order valence-corrected chi connectivity index (χ4v) is 18.2. The van der Waals surface area contributed by atoms with Crippen LogP contribution in [0.3, 0.4) is 0 Å². The maximum atomic E-state index is 14.5. The molecule has 4 aliphatic carbocycles. The zero-order chi connectivity index (χ0) is 68.2. The Bertz CT molecular complexity index is 2970. The predicted octanol–water partition coefficient (Wildman–Crippen LogP) is -2.09. The molecule has 0 aromatic heterocycles. The smallest absolute Gasteiger partial charge is 0.397 e. The Hall–Kier alpha value is -2.48. The van der Waals surface area contributed by atoms with Crippen molar-refractivity contribution in [3.63, 3.8) is 0 Å². The molecule has 6 saturated heterocycles. The highest BCUT2D eigenvalue weighted by atomic mass is 32.3. The zero-order valence-corrected chi connectivity index (χ0v) is 54.5. The van der Waals surface area contributed by atoms with E-state index in [0.717, 1.165) is 24.7 Å². The molecular weight excluding hydrogens is 1280 g/mol. The molecule has 34 heteroatoms. The fraction of sp³-hybridized carbons (Fsp3) is 0.898. The maximum Gasteiger partial charge on any atom is 0.397 e. The van der Waals surface area contributed by atoms with E-state index in [9.17, 15) is 86.6 Å². The van der Waals surface area contributed by atoms with Gasteiger partial charge in [-0.3, -0.25) is 18.7 Å². The molecule has 10 aliphatic rings. The molecule has 32 nitrogen and oxygen atoms in total. The van der Waals surface area contributed by atoms with E-state index in [2.05, 4.69) is 30.7 Å². The third-order valence-electron chi connectivity index (χ3n) is 22.0.